The number of benzene rings is 2. The van der Waals surface area contributed by atoms with Gasteiger partial charge in [0.05, 0.1) is 45.2 Å². The first-order valence-electron chi connectivity index (χ1n) is 20.8. The first-order chi connectivity index (χ1) is 29.0. The van der Waals surface area contributed by atoms with Crippen molar-refractivity contribution in [3.05, 3.63) is 86.9 Å². The Balaban J connectivity index is 0.762. The molecule has 61 heavy (non-hydrogen) atoms. The zero-order valence-corrected chi connectivity index (χ0v) is 35.1. The summed E-state index contributed by atoms with van der Waals surface area (Å²) in [4.78, 5) is 73.7. The molecule has 4 aliphatic heterocycles. The molecule has 15 heteroatoms. The highest BCUT2D eigenvalue weighted by Gasteiger charge is 2.67. The second-order valence-electron chi connectivity index (χ2n) is 18.3. The number of nitrogens with zero attached hydrogens (tertiary/aromatic N) is 5. The van der Waals surface area contributed by atoms with Crippen LogP contribution in [0.1, 0.15) is 114 Å². The summed E-state index contributed by atoms with van der Waals surface area (Å²) < 4.78 is 21.9. The summed E-state index contributed by atoms with van der Waals surface area (Å²) in [6.45, 7) is 9.94. The Hall–Kier alpha value is -5.83. The lowest BCUT2D eigenvalue weighted by molar-refractivity contribution is -0.199. The van der Waals surface area contributed by atoms with Crippen molar-refractivity contribution in [3.63, 3.8) is 0 Å². The van der Waals surface area contributed by atoms with E-state index in [1.807, 2.05) is 21.9 Å². The number of carbonyl (C=O) groups is 5. The van der Waals surface area contributed by atoms with Gasteiger partial charge in [0.15, 0.2) is 0 Å². The van der Waals surface area contributed by atoms with Gasteiger partial charge < -0.3 is 19.9 Å². The van der Waals surface area contributed by atoms with E-state index in [0.717, 1.165) is 42.3 Å². The molecule has 0 bridgehead atoms. The minimum absolute atomic E-state index is 0.0103. The van der Waals surface area contributed by atoms with Gasteiger partial charge in [0, 0.05) is 60.5 Å². The number of fused-ring (bicyclic) bond motifs is 2. The largest absolute Gasteiger partial charge is 0.489 e. The van der Waals surface area contributed by atoms with Crippen molar-refractivity contribution in [2.24, 2.45) is 16.7 Å². The van der Waals surface area contributed by atoms with E-state index < -0.39 is 35.5 Å². The van der Waals surface area contributed by atoms with Gasteiger partial charge in [-0.25, -0.2) is 9.37 Å². The van der Waals surface area contributed by atoms with Crippen molar-refractivity contribution in [2.75, 3.05) is 18.0 Å². The highest BCUT2D eigenvalue weighted by molar-refractivity contribution is 6.31. The standard InChI is InChI=1S/C46H45ClFN7O6/c1-45(2)43(46(3,4)44(45)61-29-9-6-25(22-49)33(47)19-29)54-23-35-30(40(54)58)10-8-26(51-35)7-5-24-17-28(18-24)50-27-13-15-53(16-14-27)37-21-32-31(20-34(37)48)41(59)55(42(32)60)36-11-12-38(56)52-39(36)57/h6,8-10,19-21,24,27-28,36,43-44,50H,11-18,23H2,1-4H3,(H,52,56,57)/t24?,28?,36?,43-,44-. The van der Waals surface area contributed by atoms with E-state index in [0.29, 0.717) is 53.3 Å². The molecule has 3 aromatic rings. The molecule has 0 spiro atoms. The van der Waals surface area contributed by atoms with Crippen LogP contribution >= 0.6 is 11.6 Å². The number of halogens is 2. The number of rotatable bonds is 7. The monoisotopic (exact) mass is 845 g/mol. The van der Waals surface area contributed by atoms with E-state index >= 15 is 4.39 Å². The normalized spacial score (nSPS) is 26.4. The summed E-state index contributed by atoms with van der Waals surface area (Å²) >= 11 is 6.28. The van der Waals surface area contributed by atoms with Crippen molar-refractivity contribution in [2.45, 2.75) is 103 Å². The fourth-order valence-corrected chi connectivity index (χ4v) is 11.1. The molecule has 2 saturated heterocycles. The Bertz CT molecular complexity index is 2510. The maximum absolute atomic E-state index is 15.4. The molecule has 1 aromatic heterocycles. The fraction of sp³-hybridized carbons (Fsp3) is 0.457. The molecular formula is C46H45ClFN7O6. The van der Waals surface area contributed by atoms with Gasteiger partial charge >= 0.3 is 0 Å². The molecule has 2 N–H and O–H groups in total. The van der Waals surface area contributed by atoms with Crippen LogP contribution in [0.3, 0.4) is 0 Å². The number of hydrogen-bond donors (Lipinski definition) is 2. The van der Waals surface area contributed by atoms with Gasteiger partial charge in [-0.1, -0.05) is 45.2 Å². The Morgan fingerprint density at radius 2 is 1.61 bits per heavy atom. The first-order valence-corrected chi connectivity index (χ1v) is 21.2. The molecule has 6 aliphatic rings. The Labute approximate surface area is 357 Å². The van der Waals surface area contributed by atoms with Crippen LogP contribution in [-0.4, -0.2) is 87.7 Å². The number of pyridine rings is 1. The number of piperidine rings is 2. The molecule has 4 fully saturated rings. The second-order valence-corrected chi connectivity index (χ2v) is 18.7. The van der Waals surface area contributed by atoms with Crippen molar-refractivity contribution in [1.82, 2.24) is 25.4 Å². The number of imide groups is 2. The quantitative estimate of drug-likeness (QED) is 0.233. The zero-order chi connectivity index (χ0) is 43.1. The summed E-state index contributed by atoms with van der Waals surface area (Å²) in [5, 5.41) is 15.5. The van der Waals surface area contributed by atoms with Crippen LogP contribution in [0, 0.1) is 45.7 Å². The lowest BCUT2D eigenvalue weighted by atomic mass is 9.49. The third-order valence-electron chi connectivity index (χ3n) is 13.5. The van der Waals surface area contributed by atoms with Crippen LogP contribution in [0.25, 0.3) is 0 Å². The van der Waals surface area contributed by atoms with Crippen LogP contribution in [-0.2, 0) is 16.1 Å². The van der Waals surface area contributed by atoms with Crippen molar-refractivity contribution < 1.29 is 33.1 Å². The average molecular weight is 846 g/mol. The van der Waals surface area contributed by atoms with Crippen LogP contribution in [0.15, 0.2) is 42.5 Å². The summed E-state index contributed by atoms with van der Waals surface area (Å²) in [7, 11) is 0. The van der Waals surface area contributed by atoms with Crippen molar-refractivity contribution >= 4 is 46.8 Å². The number of carbonyl (C=O) groups excluding carboxylic acids is 5. The Kier molecular flexibility index (Phi) is 9.95. The van der Waals surface area contributed by atoms with E-state index in [1.54, 1.807) is 18.2 Å². The topological polar surface area (TPSA) is 165 Å². The number of hydrogen-bond acceptors (Lipinski definition) is 10. The number of aromatic nitrogens is 1. The highest BCUT2D eigenvalue weighted by Crippen LogP contribution is 2.59. The number of amides is 5. The Morgan fingerprint density at radius 1 is 0.902 bits per heavy atom. The zero-order valence-electron chi connectivity index (χ0n) is 34.3. The summed E-state index contributed by atoms with van der Waals surface area (Å²) in [5.41, 5.74) is 1.81. The van der Waals surface area contributed by atoms with Crippen LogP contribution in [0.4, 0.5) is 10.1 Å². The molecule has 5 amide bonds. The molecule has 1 unspecified atom stereocenters. The number of nitriles is 1. The lowest BCUT2D eigenvalue weighted by Gasteiger charge is -2.65. The molecule has 2 aromatic carbocycles. The van der Waals surface area contributed by atoms with E-state index in [9.17, 15) is 29.2 Å². The molecular weight excluding hydrogens is 801 g/mol. The molecule has 2 aliphatic carbocycles. The molecule has 9 rings (SSSR count). The number of nitrogens with one attached hydrogen (secondary N) is 2. The van der Waals surface area contributed by atoms with Crippen LogP contribution in [0.5, 0.6) is 5.75 Å². The third-order valence-corrected chi connectivity index (χ3v) is 13.8. The number of ether oxygens (including phenoxy) is 1. The third kappa shape index (κ3) is 6.90. The average Bonchev–Trinajstić information content (AvgIpc) is 3.64. The summed E-state index contributed by atoms with van der Waals surface area (Å²) in [5.74, 6) is 4.23. The first kappa shape index (κ1) is 40.6. The van der Waals surface area contributed by atoms with Crippen molar-refractivity contribution in [1.29, 1.82) is 5.26 Å². The maximum Gasteiger partial charge on any atom is 0.262 e. The summed E-state index contributed by atoms with van der Waals surface area (Å²) in [6.07, 6.45) is 3.16. The van der Waals surface area contributed by atoms with Gasteiger partial charge in [-0.3, -0.25) is 34.2 Å². The summed E-state index contributed by atoms with van der Waals surface area (Å²) in [6, 6.07) is 12.6. The van der Waals surface area contributed by atoms with E-state index in [4.69, 9.17) is 21.3 Å². The SMILES string of the molecule is CC1(C)[C@H](Oc2ccc(C#N)c(Cl)c2)C(C)(C)[C@H]1N1Cc2nc(C#CC3CC(NC4CCN(c5cc6c(cc5F)C(=O)N(C5CCC(=O)NC5=O)C6=O)CC4)C3)ccc2C1=O. The highest BCUT2D eigenvalue weighted by atomic mass is 35.5. The van der Waals surface area contributed by atoms with Crippen LogP contribution < -0.4 is 20.3 Å². The molecule has 5 heterocycles. The number of anilines is 1. The van der Waals surface area contributed by atoms with Gasteiger partial charge in [-0.2, -0.15) is 5.26 Å². The van der Waals surface area contributed by atoms with Crippen molar-refractivity contribution in [3.8, 4) is 23.7 Å². The van der Waals surface area contributed by atoms with Gasteiger partial charge in [0.2, 0.25) is 11.8 Å². The van der Waals surface area contributed by atoms with Gasteiger partial charge in [0.1, 0.15) is 35.5 Å². The van der Waals surface area contributed by atoms with Gasteiger partial charge in [-0.15, -0.1) is 0 Å². The molecule has 13 nitrogen and oxygen atoms in total. The van der Waals surface area contributed by atoms with E-state index in [2.05, 4.69) is 56.2 Å². The molecule has 2 saturated carbocycles. The predicted octanol–water partition coefficient (Wildman–Crippen LogP) is 5.37. The van der Waals surface area contributed by atoms with E-state index in [1.165, 1.54) is 6.07 Å². The smallest absolute Gasteiger partial charge is 0.262 e. The second kappa shape index (κ2) is 15.0. The molecule has 0 radical (unpaired) electrons. The van der Waals surface area contributed by atoms with Crippen LogP contribution in [0.2, 0.25) is 5.02 Å². The lowest BCUT2D eigenvalue weighted by Crippen LogP contribution is -2.74. The predicted molar refractivity (Wildman–Crippen MR) is 221 cm³/mol. The molecule has 1 atom stereocenters. The maximum atomic E-state index is 15.4. The fourth-order valence-electron chi connectivity index (χ4n) is 10.9. The van der Waals surface area contributed by atoms with Gasteiger partial charge in [-0.05, 0) is 74.4 Å². The van der Waals surface area contributed by atoms with E-state index in [-0.39, 0.29) is 70.5 Å². The Morgan fingerprint density at radius 3 is 2.28 bits per heavy atom. The van der Waals surface area contributed by atoms with Gasteiger partial charge in [0.25, 0.3) is 17.7 Å². The minimum Gasteiger partial charge on any atom is -0.489 e. The molecule has 314 valence electrons. The minimum atomic E-state index is -1.11.